The maximum Gasteiger partial charge on any atom is 0.131 e. The van der Waals surface area contributed by atoms with Gasteiger partial charge in [0.2, 0.25) is 0 Å². The molecule has 0 saturated carbocycles. The summed E-state index contributed by atoms with van der Waals surface area (Å²) in [5.74, 6) is -0.987. The van der Waals surface area contributed by atoms with E-state index in [0.717, 1.165) is 23.9 Å². The third-order valence-electron chi connectivity index (χ3n) is 3.66. The lowest BCUT2D eigenvalue weighted by Crippen LogP contribution is -2.23. The lowest BCUT2D eigenvalue weighted by molar-refractivity contribution is 0.533. The van der Waals surface area contributed by atoms with Crippen molar-refractivity contribution in [2.45, 2.75) is 40.2 Å². The zero-order valence-electron chi connectivity index (χ0n) is 12.9. The number of hydrogen-bond acceptors (Lipinski definition) is 2. The molecule has 2 rings (SSSR count). The van der Waals surface area contributed by atoms with E-state index in [0.29, 0.717) is 11.1 Å². The van der Waals surface area contributed by atoms with Gasteiger partial charge in [-0.05, 0) is 57.0 Å². The maximum absolute atomic E-state index is 14.2. The van der Waals surface area contributed by atoms with E-state index in [4.69, 9.17) is 0 Å². The summed E-state index contributed by atoms with van der Waals surface area (Å²) in [4.78, 5) is 2.30. The van der Waals surface area contributed by atoms with Crippen LogP contribution in [0, 0.1) is 32.4 Å². The average molecular weight is 309 g/mol. The van der Waals surface area contributed by atoms with Crippen molar-refractivity contribution in [2.24, 2.45) is 0 Å². The zero-order valence-corrected chi connectivity index (χ0v) is 13.7. The standard InChI is InChI=1S/C17H21F2NS/c1-5-6-20-17(16-8-10(2)12(4)21-16)13-7-11(3)14(18)9-15(13)19/h7-9,17,20H,5-6H2,1-4H3. The van der Waals surface area contributed by atoms with E-state index < -0.39 is 11.6 Å². The fourth-order valence-corrected chi connectivity index (χ4v) is 3.43. The lowest BCUT2D eigenvalue weighted by atomic mass is 10.0. The van der Waals surface area contributed by atoms with Gasteiger partial charge < -0.3 is 5.32 Å². The molecule has 21 heavy (non-hydrogen) atoms. The van der Waals surface area contributed by atoms with E-state index in [2.05, 4.69) is 32.2 Å². The van der Waals surface area contributed by atoms with Crippen molar-refractivity contribution in [3.8, 4) is 0 Å². The molecule has 0 aliphatic carbocycles. The molecule has 0 aliphatic heterocycles. The van der Waals surface area contributed by atoms with Crippen molar-refractivity contribution in [3.63, 3.8) is 0 Å². The molecule has 1 aromatic heterocycles. The average Bonchev–Trinajstić information content (AvgIpc) is 2.75. The van der Waals surface area contributed by atoms with Crippen LogP contribution in [-0.4, -0.2) is 6.54 Å². The Labute approximate surface area is 129 Å². The molecule has 1 unspecified atom stereocenters. The molecule has 1 nitrogen and oxygen atoms in total. The summed E-state index contributed by atoms with van der Waals surface area (Å²) >= 11 is 1.66. The van der Waals surface area contributed by atoms with E-state index in [-0.39, 0.29) is 6.04 Å². The molecule has 4 heteroatoms. The molecule has 0 aliphatic rings. The predicted octanol–water partition coefficient (Wildman–Crippen LogP) is 5.04. The van der Waals surface area contributed by atoms with Gasteiger partial charge in [-0.3, -0.25) is 0 Å². The first kappa shape index (κ1) is 16.1. The second kappa shape index (κ2) is 6.67. The highest BCUT2D eigenvalue weighted by Crippen LogP contribution is 2.33. The maximum atomic E-state index is 14.2. The monoisotopic (exact) mass is 309 g/mol. The predicted molar refractivity (Wildman–Crippen MR) is 85.0 cm³/mol. The number of rotatable bonds is 5. The Kier molecular flexibility index (Phi) is 5.12. The topological polar surface area (TPSA) is 12.0 Å². The first-order chi connectivity index (χ1) is 9.93. The third-order valence-corrected chi connectivity index (χ3v) is 4.87. The summed E-state index contributed by atoms with van der Waals surface area (Å²) in [5.41, 5.74) is 2.20. The summed E-state index contributed by atoms with van der Waals surface area (Å²) in [6.07, 6.45) is 0.960. The number of hydrogen-bond donors (Lipinski definition) is 1. The summed E-state index contributed by atoms with van der Waals surface area (Å²) < 4.78 is 27.7. The van der Waals surface area contributed by atoms with Crippen LogP contribution in [0.4, 0.5) is 8.78 Å². The van der Waals surface area contributed by atoms with Crippen LogP contribution in [0.3, 0.4) is 0 Å². The fourth-order valence-electron chi connectivity index (χ4n) is 2.30. The van der Waals surface area contributed by atoms with E-state index in [1.807, 2.05) is 0 Å². The molecule has 1 aromatic carbocycles. The Morgan fingerprint density at radius 3 is 2.33 bits per heavy atom. The van der Waals surface area contributed by atoms with Gasteiger partial charge in [-0.25, -0.2) is 8.78 Å². The van der Waals surface area contributed by atoms with Gasteiger partial charge in [0, 0.05) is 21.4 Å². The van der Waals surface area contributed by atoms with Crippen molar-refractivity contribution in [2.75, 3.05) is 6.54 Å². The number of aryl methyl sites for hydroxylation is 3. The van der Waals surface area contributed by atoms with E-state index in [9.17, 15) is 8.78 Å². The number of thiophene rings is 1. The van der Waals surface area contributed by atoms with Gasteiger partial charge in [-0.2, -0.15) is 0 Å². The molecule has 0 saturated heterocycles. The molecule has 1 heterocycles. The molecule has 0 bridgehead atoms. The number of nitrogens with one attached hydrogen (secondary N) is 1. The van der Waals surface area contributed by atoms with Crippen molar-refractivity contribution in [3.05, 3.63) is 56.3 Å². The van der Waals surface area contributed by atoms with E-state index >= 15 is 0 Å². The molecular formula is C17H21F2NS. The first-order valence-corrected chi connectivity index (χ1v) is 8.01. The van der Waals surface area contributed by atoms with E-state index in [1.165, 1.54) is 10.4 Å². The Morgan fingerprint density at radius 2 is 1.76 bits per heavy atom. The SMILES string of the molecule is CCCNC(c1cc(C)c(C)s1)c1cc(C)c(F)cc1F. The van der Waals surface area contributed by atoms with Crippen LogP contribution in [0.25, 0.3) is 0 Å². The molecule has 0 amide bonds. The summed E-state index contributed by atoms with van der Waals surface area (Å²) in [6, 6.07) is 4.47. The fraction of sp³-hybridized carbons (Fsp3) is 0.412. The van der Waals surface area contributed by atoms with Crippen LogP contribution in [-0.2, 0) is 0 Å². The first-order valence-electron chi connectivity index (χ1n) is 7.19. The van der Waals surface area contributed by atoms with Gasteiger partial charge in [0.05, 0.1) is 6.04 Å². The Morgan fingerprint density at radius 1 is 1.05 bits per heavy atom. The summed E-state index contributed by atoms with van der Waals surface area (Å²) in [7, 11) is 0. The van der Waals surface area contributed by atoms with Gasteiger partial charge in [-0.15, -0.1) is 11.3 Å². The van der Waals surface area contributed by atoms with Crippen LogP contribution < -0.4 is 5.32 Å². The quantitative estimate of drug-likeness (QED) is 0.816. The van der Waals surface area contributed by atoms with Crippen LogP contribution in [0.5, 0.6) is 0 Å². The minimum absolute atomic E-state index is 0.221. The van der Waals surface area contributed by atoms with Crippen LogP contribution >= 0.6 is 11.3 Å². The summed E-state index contributed by atoms with van der Waals surface area (Å²) in [5, 5.41) is 3.38. The molecular weight excluding hydrogens is 288 g/mol. The highest BCUT2D eigenvalue weighted by atomic mass is 32.1. The second-order valence-corrected chi connectivity index (χ2v) is 6.69. The van der Waals surface area contributed by atoms with Crippen LogP contribution in [0.15, 0.2) is 18.2 Å². The number of halogens is 2. The van der Waals surface area contributed by atoms with Gasteiger partial charge in [0.25, 0.3) is 0 Å². The summed E-state index contributed by atoms with van der Waals surface area (Å²) in [6.45, 7) is 8.64. The second-order valence-electron chi connectivity index (χ2n) is 5.40. The van der Waals surface area contributed by atoms with E-state index in [1.54, 1.807) is 24.3 Å². The Balaban J connectivity index is 2.47. The lowest BCUT2D eigenvalue weighted by Gasteiger charge is -2.19. The molecule has 0 spiro atoms. The van der Waals surface area contributed by atoms with Crippen LogP contribution in [0.1, 0.15) is 45.8 Å². The van der Waals surface area contributed by atoms with Gasteiger partial charge >= 0.3 is 0 Å². The molecule has 2 aromatic rings. The van der Waals surface area contributed by atoms with Crippen molar-refractivity contribution >= 4 is 11.3 Å². The highest BCUT2D eigenvalue weighted by Gasteiger charge is 2.21. The zero-order chi connectivity index (χ0) is 15.6. The Hall–Kier alpha value is -1.26. The third kappa shape index (κ3) is 3.50. The minimum Gasteiger partial charge on any atom is -0.306 e. The van der Waals surface area contributed by atoms with Gasteiger partial charge in [0.1, 0.15) is 11.6 Å². The smallest absolute Gasteiger partial charge is 0.131 e. The molecule has 0 radical (unpaired) electrons. The van der Waals surface area contributed by atoms with Gasteiger partial charge in [0.15, 0.2) is 0 Å². The molecule has 1 atom stereocenters. The highest BCUT2D eigenvalue weighted by molar-refractivity contribution is 7.12. The minimum atomic E-state index is -0.496. The van der Waals surface area contributed by atoms with Crippen molar-refractivity contribution < 1.29 is 8.78 Å². The number of benzene rings is 1. The largest absolute Gasteiger partial charge is 0.306 e. The van der Waals surface area contributed by atoms with Gasteiger partial charge in [-0.1, -0.05) is 6.92 Å². The normalized spacial score (nSPS) is 12.7. The Bertz CT molecular complexity index is 614. The van der Waals surface area contributed by atoms with Crippen LogP contribution in [0.2, 0.25) is 0 Å². The van der Waals surface area contributed by atoms with Crippen molar-refractivity contribution in [1.29, 1.82) is 0 Å². The molecule has 0 fully saturated rings. The van der Waals surface area contributed by atoms with Crippen molar-refractivity contribution in [1.82, 2.24) is 5.32 Å². The molecule has 114 valence electrons. The molecule has 1 N–H and O–H groups in total.